The van der Waals surface area contributed by atoms with Crippen LogP contribution in [0.4, 0.5) is 0 Å². The lowest BCUT2D eigenvalue weighted by atomic mass is 9.51. The van der Waals surface area contributed by atoms with Gasteiger partial charge in [0.2, 0.25) is 0 Å². The molecule has 1 heteroatoms. The summed E-state index contributed by atoms with van der Waals surface area (Å²) in [6.07, 6.45) is 14.9. The molecule has 1 spiro atoms. The van der Waals surface area contributed by atoms with Crippen molar-refractivity contribution in [2.45, 2.75) is 105 Å². The standard InChI is InChI=1S/C27H44O/c1-17(2)7-6-8-18(3)21-9-10-22-20-16-27-19(15-24(27)28)11-14-26(27,5)23(20)12-13-25(21,22)4/h17-23H,6-16H2,1-5H3/t18-,19-,20+,21-,22+,23+,25-,26-,27-/m1/s1. The molecule has 0 radical (unpaired) electrons. The first-order valence-corrected chi connectivity index (χ1v) is 12.8. The van der Waals surface area contributed by atoms with E-state index in [0.717, 1.165) is 47.8 Å². The second-order valence-corrected chi connectivity index (χ2v) is 12.9. The van der Waals surface area contributed by atoms with Gasteiger partial charge in [-0.2, -0.15) is 0 Å². The normalized spacial score (nSPS) is 52.8. The van der Waals surface area contributed by atoms with Gasteiger partial charge in [0.1, 0.15) is 5.78 Å². The lowest BCUT2D eigenvalue weighted by Crippen LogP contribution is -2.53. The molecule has 0 heterocycles. The Kier molecular flexibility index (Phi) is 4.44. The van der Waals surface area contributed by atoms with Gasteiger partial charge in [0.15, 0.2) is 0 Å². The maximum atomic E-state index is 13.0. The van der Waals surface area contributed by atoms with E-state index in [1.54, 1.807) is 0 Å². The summed E-state index contributed by atoms with van der Waals surface area (Å²) in [4.78, 5) is 13.0. The summed E-state index contributed by atoms with van der Waals surface area (Å²) >= 11 is 0. The number of hydrogen-bond donors (Lipinski definition) is 0. The van der Waals surface area contributed by atoms with Crippen LogP contribution in [-0.2, 0) is 4.79 Å². The second-order valence-electron chi connectivity index (χ2n) is 12.9. The number of fused-ring (bicyclic) bond motifs is 4. The van der Waals surface area contributed by atoms with E-state index in [9.17, 15) is 4.79 Å². The number of ketones is 1. The van der Waals surface area contributed by atoms with E-state index in [4.69, 9.17) is 0 Å². The first-order valence-electron chi connectivity index (χ1n) is 12.8. The Morgan fingerprint density at radius 3 is 2.46 bits per heavy atom. The molecule has 28 heavy (non-hydrogen) atoms. The second kappa shape index (κ2) is 6.34. The summed E-state index contributed by atoms with van der Waals surface area (Å²) in [6, 6.07) is 0. The van der Waals surface area contributed by atoms with Crippen LogP contribution in [0.5, 0.6) is 0 Å². The molecule has 0 bridgehead atoms. The third-order valence-corrected chi connectivity index (χ3v) is 11.7. The van der Waals surface area contributed by atoms with Gasteiger partial charge < -0.3 is 0 Å². The van der Waals surface area contributed by atoms with E-state index in [1.807, 2.05) is 0 Å². The number of carbonyl (C=O) groups excluding carboxylic acids is 1. The molecule has 0 aromatic carbocycles. The third kappa shape index (κ3) is 2.29. The SMILES string of the molecule is CC(C)CCC[C@@H](C)[C@H]1CC[C@H]2[C@@H]3C[C@]45C(=O)C[C@H]4CC[C@]5(C)[C@H]3CC[C@]12C. The first kappa shape index (κ1) is 19.6. The molecule has 158 valence electrons. The molecule has 5 saturated carbocycles. The fourth-order valence-corrected chi connectivity index (χ4v) is 10.3. The molecule has 0 aliphatic heterocycles. The quantitative estimate of drug-likeness (QED) is 0.486. The van der Waals surface area contributed by atoms with Crippen LogP contribution in [0, 0.1) is 57.7 Å². The minimum Gasteiger partial charge on any atom is -0.299 e. The Morgan fingerprint density at radius 1 is 0.964 bits per heavy atom. The Hall–Kier alpha value is -0.330. The van der Waals surface area contributed by atoms with Crippen LogP contribution < -0.4 is 0 Å². The topological polar surface area (TPSA) is 17.1 Å². The van der Waals surface area contributed by atoms with E-state index in [1.165, 1.54) is 64.2 Å². The van der Waals surface area contributed by atoms with Crippen molar-refractivity contribution in [1.82, 2.24) is 0 Å². The predicted molar refractivity (Wildman–Crippen MR) is 116 cm³/mol. The molecular weight excluding hydrogens is 340 g/mol. The summed E-state index contributed by atoms with van der Waals surface area (Å²) in [7, 11) is 0. The highest BCUT2D eigenvalue weighted by molar-refractivity contribution is 5.93. The van der Waals surface area contributed by atoms with Crippen molar-refractivity contribution in [3.63, 3.8) is 0 Å². The number of hydrogen-bond acceptors (Lipinski definition) is 1. The first-order chi connectivity index (χ1) is 13.2. The largest absolute Gasteiger partial charge is 0.299 e. The van der Waals surface area contributed by atoms with E-state index in [0.29, 0.717) is 16.6 Å². The van der Waals surface area contributed by atoms with E-state index in [-0.39, 0.29) is 5.41 Å². The molecular formula is C27H44O. The summed E-state index contributed by atoms with van der Waals surface area (Å²) in [5.41, 5.74) is 1.06. The average molecular weight is 385 g/mol. The van der Waals surface area contributed by atoms with Gasteiger partial charge in [0.25, 0.3) is 0 Å². The Bertz CT molecular complexity index is 651. The van der Waals surface area contributed by atoms with Gasteiger partial charge in [-0.15, -0.1) is 0 Å². The van der Waals surface area contributed by atoms with Crippen LogP contribution in [0.2, 0.25) is 0 Å². The van der Waals surface area contributed by atoms with Crippen molar-refractivity contribution in [3.8, 4) is 0 Å². The fraction of sp³-hybridized carbons (Fsp3) is 0.963. The van der Waals surface area contributed by atoms with Crippen LogP contribution in [0.15, 0.2) is 0 Å². The van der Waals surface area contributed by atoms with Crippen LogP contribution in [0.3, 0.4) is 0 Å². The van der Waals surface area contributed by atoms with Crippen LogP contribution in [0.1, 0.15) is 105 Å². The number of rotatable bonds is 5. The highest BCUT2D eigenvalue weighted by Crippen LogP contribution is 2.79. The van der Waals surface area contributed by atoms with E-state index < -0.39 is 0 Å². The van der Waals surface area contributed by atoms with Gasteiger partial charge in [0.05, 0.1) is 0 Å². The van der Waals surface area contributed by atoms with Crippen molar-refractivity contribution in [2.75, 3.05) is 0 Å². The zero-order valence-electron chi connectivity index (χ0n) is 19.2. The summed E-state index contributed by atoms with van der Waals surface area (Å²) < 4.78 is 0. The van der Waals surface area contributed by atoms with Gasteiger partial charge in [-0.3, -0.25) is 4.79 Å². The fourth-order valence-electron chi connectivity index (χ4n) is 10.3. The minimum atomic E-state index is 0.133. The molecule has 0 saturated heterocycles. The highest BCUT2D eigenvalue weighted by atomic mass is 16.1. The Morgan fingerprint density at radius 2 is 1.75 bits per heavy atom. The predicted octanol–water partition coefficient (Wildman–Crippen LogP) is 7.29. The van der Waals surface area contributed by atoms with Gasteiger partial charge in [-0.05, 0) is 97.2 Å². The zero-order chi connectivity index (χ0) is 19.9. The summed E-state index contributed by atoms with van der Waals surface area (Å²) in [5.74, 6) is 6.73. The molecule has 5 aliphatic carbocycles. The molecule has 5 rings (SSSR count). The lowest BCUT2D eigenvalue weighted by Gasteiger charge is -2.52. The number of Topliss-reactive ketones (excluding diaryl/α,β-unsaturated/α-hetero) is 1. The maximum absolute atomic E-state index is 13.0. The van der Waals surface area contributed by atoms with Gasteiger partial charge in [0, 0.05) is 11.8 Å². The highest BCUT2D eigenvalue weighted by Gasteiger charge is 2.76. The molecule has 0 aromatic heterocycles. The van der Waals surface area contributed by atoms with Crippen LogP contribution in [-0.4, -0.2) is 5.78 Å². The van der Waals surface area contributed by atoms with E-state index in [2.05, 4.69) is 34.6 Å². The zero-order valence-corrected chi connectivity index (χ0v) is 19.2. The molecule has 0 unspecified atom stereocenters. The molecule has 5 aliphatic rings. The van der Waals surface area contributed by atoms with Crippen molar-refractivity contribution < 1.29 is 4.79 Å². The Labute approximate surface area is 173 Å². The van der Waals surface area contributed by atoms with Gasteiger partial charge in [-0.25, -0.2) is 0 Å². The summed E-state index contributed by atoms with van der Waals surface area (Å²) in [6.45, 7) is 12.5. The minimum absolute atomic E-state index is 0.133. The lowest BCUT2D eigenvalue weighted by molar-refractivity contribution is -0.151. The third-order valence-electron chi connectivity index (χ3n) is 11.7. The smallest absolute Gasteiger partial charge is 0.140 e. The maximum Gasteiger partial charge on any atom is 0.140 e. The monoisotopic (exact) mass is 384 g/mol. The molecule has 1 nitrogen and oxygen atoms in total. The van der Waals surface area contributed by atoms with Crippen LogP contribution >= 0.6 is 0 Å². The molecule has 0 N–H and O–H groups in total. The van der Waals surface area contributed by atoms with Crippen molar-refractivity contribution in [3.05, 3.63) is 0 Å². The van der Waals surface area contributed by atoms with Gasteiger partial charge in [-0.1, -0.05) is 53.9 Å². The van der Waals surface area contributed by atoms with Crippen LogP contribution in [0.25, 0.3) is 0 Å². The average Bonchev–Trinajstić information content (AvgIpc) is 3.19. The molecule has 5 fully saturated rings. The van der Waals surface area contributed by atoms with E-state index >= 15 is 0 Å². The van der Waals surface area contributed by atoms with Crippen molar-refractivity contribution in [1.29, 1.82) is 0 Å². The van der Waals surface area contributed by atoms with Crippen molar-refractivity contribution >= 4 is 5.78 Å². The van der Waals surface area contributed by atoms with Crippen molar-refractivity contribution in [2.24, 2.45) is 57.7 Å². The van der Waals surface area contributed by atoms with Gasteiger partial charge >= 0.3 is 0 Å². The molecule has 9 atom stereocenters. The Balaban J connectivity index is 1.35. The molecule has 0 aromatic rings. The number of carbonyl (C=O) groups is 1. The summed E-state index contributed by atoms with van der Waals surface area (Å²) in [5, 5.41) is 0. The molecule has 0 amide bonds.